The first-order chi connectivity index (χ1) is 14.0. The summed E-state index contributed by atoms with van der Waals surface area (Å²) in [6, 6.07) is 7.38. The van der Waals surface area contributed by atoms with Gasteiger partial charge in [-0.3, -0.25) is 9.69 Å². The minimum absolute atomic E-state index is 0.0295. The van der Waals surface area contributed by atoms with Gasteiger partial charge in [0.15, 0.2) is 0 Å². The molecule has 1 amide bonds. The molecule has 2 aromatic rings. The fourth-order valence-electron chi connectivity index (χ4n) is 3.24. The second-order valence-electron chi connectivity index (χ2n) is 6.48. The topological polar surface area (TPSA) is 118 Å². The van der Waals surface area contributed by atoms with Crippen molar-refractivity contribution in [3.63, 3.8) is 0 Å². The fraction of sp³-hybridized carbons (Fsp3) is 0.263. The molecule has 2 aliphatic heterocycles. The van der Waals surface area contributed by atoms with E-state index in [1.165, 1.54) is 21.3 Å². The van der Waals surface area contributed by atoms with Gasteiger partial charge in [-0.25, -0.2) is 9.48 Å². The Morgan fingerprint density at radius 2 is 2.10 bits per heavy atom. The summed E-state index contributed by atoms with van der Waals surface area (Å²) in [5.74, 6) is -0.745. The molecule has 1 aromatic heterocycles. The molecule has 0 aliphatic carbocycles. The largest absolute Gasteiger partial charge is 0.497 e. The van der Waals surface area contributed by atoms with E-state index in [1.807, 2.05) is 24.3 Å². The summed E-state index contributed by atoms with van der Waals surface area (Å²) in [6.07, 6.45) is 3.66. The van der Waals surface area contributed by atoms with E-state index in [0.29, 0.717) is 29.1 Å². The van der Waals surface area contributed by atoms with Gasteiger partial charge in [-0.2, -0.15) is 0 Å². The van der Waals surface area contributed by atoms with E-state index in [0.717, 1.165) is 11.3 Å². The Kier molecular flexibility index (Phi) is 5.12. The number of carbonyl (C=O) groups is 2. The van der Waals surface area contributed by atoms with Gasteiger partial charge < -0.3 is 14.9 Å². The molecule has 0 spiro atoms. The lowest BCUT2D eigenvalue weighted by Gasteiger charge is -2.36. The minimum Gasteiger partial charge on any atom is -0.497 e. The number of aliphatic hydroxyl groups excluding tert-OH is 1. The SMILES string of the molecule is COc1ccc(CC2=C(C(=O)O)N3C(=O)/C(=C/c4cn(CCO)nn4)[C@H]3S2)cc1. The third-order valence-electron chi connectivity index (χ3n) is 4.64. The Labute approximate surface area is 170 Å². The third-order valence-corrected chi connectivity index (χ3v) is 5.95. The molecule has 0 unspecified atom stereocenters. The zero-order chi connectivity index (χ0) is 20.5. The number of ether oxygens (including phenoxy) is 1. The number of nitrogens with zero attached hydrogens (tertiary/aromatic N) is 4. The van der Waals surface area contributed by atoms with Gasteiger partial charge in [0.25, 0.3) is 5.91 Å². The molecular formula is C19H18N4O5S. The van der Waals surface area contributed by atoms with Crippen LogP contribution in [0.5, 0.6) is 5.75 Å². The molecule has 2 N–H and O–H groups in total. The van der Waals surface area contributed by atoms with Crippen LogP contribution in [0.2, 0.25) is 0 Å². The number of benzene rings is 1. The molecule has 2 aliphatic rings. The van der Waals surface area contributed by atoms with Gasteiger partial charge in [0.1, 0.15) is 22.5 Å². The fourth-order valence-corrected chi connectivity index (χ4v) is 4.66. The van der Waals surface area contributed by atoms with Crippen molar-refractivity contribution >= 4 is 29.7 Å². The summed E-state index contributed by atoms with van der Waals surface area (Å²) < 4.78 is 6.62. The van der Waals surface area contributed by atoms with Crippen molar-refractivity contribution in [2.75, 3.05) is 13.7 Å². The van der Waals surface area contributed by atoms with Crippen LogP contribution in [0.25, 0.3) is 6.08 Å². The first-order valence-electron chi connectivity index (χ1n) is 8.84. The molecule has 0 bridgehead atoms. The molecule has 1 saturated heterocycles. The van der Waals surface area contributed by atoms with Gasteiger partial charge in [0.05, 0.1) is 32.0 Å². The Morgan fingerprint density at radius 3 is 2.76 bits per heavy atom. The third kappa shape index (κ3) is 3.52. The lowest BCUT2D eigenvalue weighted by molar-refractivity contribution is -0.141. The first kappa shape index (κ1) is 19.2. The summed E-state index contributed by atoms with van der Waals surface area (Å²) in [5.41, 5.74) is 1.93. The van der Waals surface area contributed by atoms with Crippen LogP contribution in [-0.4, -0.2) is 61.1 Å². The number of fused-ring (bicyclic) bond motifs is 1. The van der Waals surface area contributed by atoms with Crippen molar-refractivity contribution in [1.29, 1.82) is 0 Å². The highest BCUT2D eigenvalue weighted by Gasteiger charge is 2.52. The lowest BCUT2D eigenvalue weighted by Crippen LogP contribution is -2.51. The molecule has 1 fully saturated rings. The van der Waals surface area contributed by atoms with Crippen LogP contribution >= 0.6 is 11.8 Å². The maximum absolute atomic E-state index is 12.6. The first-order valence-corrected chi connectivity index (χ1v) is 9.72. The number of thioether (sulfide) groups is 1. The summed E-state index contributed by atoms with van der Waals surface area (Å²) in [4.78, 5) is 26.4. The maximum Gasteiger partial charge on any atom is 0.353 e. The number of carbonyl (C=O) groups excluding carboxylic acids is 1. The number of amides is 1. The van der Waals surface area contributed by atoms with Crippen LogP contribution in [0.1, 0.15) is 11.3 Å². The number of hydrogen-bond acceptors (Lipinski definition) is 7. The molecule has 3 heterocycles. The predicted molar refractivity (Wildman–Crippen MR) is 105 cm³/mol. The van der Waals surface area contributed by atoms with Crippen LogP contribution in [0, 0.1) is 0 Å². The maximum atomic E-state index is 12.6. The Bertz CT molecular complexity index is 1030. The number of methoxy groups -OCH3 is 1. The predicted octanol–water partition coefficient (Wildman–Crippen LogP) is 1.12. The quantitative estimate of drug-likeness (QED) is 0.511. The van der Waals surface area contributed by atoms with Crippen molar-refractivity contribution in [3.8, 4) is 5.75 Å². The molecule has 1 aromatic carbocycles. The molecule has 29 heavy (non-hydrogen) atoms. The van der Waals surface area contributed by atoms with Crippen LogP contribution in [0.3, 0.4) is 0 Å². The smallest absolute Gasteiger partial charge is 0.353 e. The molecule has 10 heteroatoms. The average molecular weight is 414 g/mol. The van der Waals surface area contributed by atoms with E-state index >= 15 is 0 Å². The molecule has 150 valence electrons. The number of carboxylic acids is 1. The Morgan fingerprint density at radius 1 is 1.34 bits per heavy atom. The lowest BCUT2D eigenvalue weighted by atomic mass is 10.0. The van der Waals surface area contributed by atoms with Crippen LogP contribution < -0.4 is 4.74 Å². The number of β-lactam (4-membered cyclic amide) rings is 1. The van der Waals surface area contributed by atoms with Crippen molar-refractivity contribution < 1.29 is 24.5 Å². The molecule has 0 saturated carbocycles. The second-order valence-corrected chi connectivity index (χ2v) is 7.65. The van der Waals surface area contributed by atoms with Gasteiger partial charge in [0, 0.05) is 11.3 Å². The van der Waals surface area contributed by atoms with E-state index < -0.39 is 5.97 Å². The van der Waals surface area contributed by atoms with E-state index in [2.05, 4.69) is 10.3 Å². The summed E-state index contributed by atoms with van der Waals surface area (Å²) in [5, 5.41) is 26.1. The van der Waals surface area contributed by atoms with Crippen molar-refractivity contribution in [3.05, 3.63) is 57.9 Å². The van der Waals surface area contributed by atoms with Crippen LogP contribution in [0.15, 0.2) is 46.6 Å². The zero-order valence-corrected chi connectivity index (χ0v) is 16.3. The number of hydrogen-bond donors (Lipinski definition) is 2. The monoisotopic (exact) mass is 414 g/mol. The number of aliphatic carboxylic acids is 1. The standard InChI is InChI=1S/C19H18N4O5S/c1-28-13-4-2-11(3-5-13)8-15-16(19(26)27)23-17(25)14(18(23)29-15)9-12-10-22(6-7-24)21-20-12/h2-5,9-10,18,24H,6-8H2,1H3,(H,26,27)/b14-9-/t18-/m1/s1. The van der Waals surface area contributed by atoms with Crippen molar-refractivity contribution in [2.24, 2.45) is 0 Å². The van der Waals surface area contributed by atoms with Gasteiger partial charge in [-0.1, -0.05) is 29.1 Å². The molecule has 9 nitrogen and oxygen atoms in total. The average Bonchev–Trinajstić information content (AvgIpc) is 3.29. The van der Waals surface area contributed by atoms with Gasteiger partial charge in [-0.15, -0.1) is 5.10 Å². The molecular weight excluding hydrogens is 396 g/mol. The molecule has 4 rings (SSSR count). The highest BCUT2D eigenvalue weighted by Crippen LogP contribution is 2.50. The normalized spacial score (nSPS) is 19.5. The number of aromatic nitrogens is 3. The highest BCUT2D eigenvalue weighted by molar-refractivity contribution is 8.04. The summed E-state index contributed by atoms with van der Waals surface area (Å²) >= 11 is 1.36. The summed E-state index contributed by atoms with van der Waals surface area (Å²) in [6.45, 7) is 0.246. The second kappa shape index (κ2) is 7.72. The number of carboxylic acid groups (broad SMARTS) is 1. The van der Waals surface area contributed by atoms with E-state index in [-0.39, 0.29) is 23.6 Å². The van der Waals surface area contributed by atoms with Gasteiger partial charge in [-0.05, 0) is 23.8 Å². The van der Waals surface area contributed by atoms with Crippen molar-refractivity contribution in [2.45, 2.75) is 18.3 Å². The minimum atomic E-state index is -1.12. The summed E-state index contributed by atoms with van der Waals surface area (Å²) in [7, 11) is 1.58. The molecule has 0 radical (unpaired) electrons. The van der Waals surface area contributed by atoms with Crippen LogP contribution in [0.4, 0.5) is 0 Å². The number of allylic oxidation sites excluding steroid dienone is 1. The van der Waals surface area contributed by atoms with E-state index in [4.69, 9.17) is 9.84 Å². The van der Waals surface area contributed by atoms with E-state index in [9.17, 15) is 14.7 Å². The van der Waals surface area contributed by atoms with Crippen molar-refractivity contribution in [1.82, 2.24) is 19.9 Å². The van der Waals surface area contributed by atoms with E-state index in [1.54, 1.807) is 19.4 Å². The van der Waals surface area contributed by atoms with Gasteiger partial charge >= 0.3 is 5.97 Å². The molecule has 1 atom stereocenters. The number of aliphatic hydroxyl groups is 1. The zero-order valence-electron chi connectivity index (χ0n) is 15.5. The number of rotatable bonds is 7. The van der Waals surface area contributed by atoms with Crippen LogP contribution in [-0.2, 0) is 22.6 Å². The van der Waals surface area contributed by atoms with Gasteiger partial charge in [0.2, 0.25) is 0 Å². The highest BCUT2D eigenvalue weighted by atomic mass is 32.2. The Hall–Kier alpha value is -3.11. The Balaban J connectivity index is 1.56.